The first-order valence-electron chi connectivity index (χ1n) is 8.49. The van der Waals surface area contributed by atoms with Crippen LogP contribution in [0.2, 0.25) is 0 Å². The molecule has 1 aromatic heterocycles. The Balaban J connectivity index is 1.86. The molecular formula is C18H23N5O2. The Morgan fingerprint density at radius 2 is 1.84 bits per heavy atom. The van der Waals surface area contributed by atoms with E-state index in [4.69, 9.17) is 30.9 Å². The topological polar surface area (TPSA) is 99.5 Å². The maximum absolute atomic E-state index is 5.97. The van der Waals surface area contributed by atoms with E-state index in [2.05, 4.69) is 4.90 Å². The molecular weight excluding hydrogens is 318 g/mol. The van der Waals surface area contributed by atoms with Crippen molar-refractivity contribution >= 4 is 17.2 Å². The number of morpholine rings is 1. The molecule has 0 amide bonds. The van der Waals surface area contributed by atoms with Crippen LogP contribution in [0.1, 0.15) is 25.1 Å². The fourth-order valence-corrected chi connectivity index (χ4v) is 3.30. The van der Waals surface area contributed by atoms with Gasteiger partial charge >= 0.3 is 0 Å². The first-order valence-corrected chi connectivity index (χ1v) is 8.49. The van der Waals surface area contributed by atoms with Crippen molar-refractivity contribution in [2.75, 3.05) is 42.7 Å². The molecule has 1 aromatic carbocycles. The first-order chi connectivity index (χ1) is 12.0. The highest BCUT2D eigenvalue weighted by molar-refractivity contribution is 5.72. The SMILES string of the molecule is CC1(C)OCc2c(N3CCOCC3)nc(-c3ccc(N)c(N)c3)nc21. The van der Waals surface area contributed by atoms with Crippen molar-refractivity contribution in [3.63, 3.8) is 0 Å². The van der Waals surface area contributed by atoms with E-state index < -0.39 is 5.60 Å². The number of hydrogen-bond acceptors (Lipinski definition) is 7. The van der Waals surface area contributed by atoms with Crippen molar-refractivity contribution in [2.45, 2.75) is 26.1 Å². The fourth-order valence-electron chi connectivity index (χ4n) is 3.30. The van der Waals surface area contributed by atoms with Crippen LogP contribution in [-0.4, -0.2) is 36.3 Å². The molecule has 7 heteroatoms. The summed E-state index contributed by atoms with van der Waals surface area (Å²) in [6.45, 7) is 7.63. The van der Waals surface area contributed by atoms with E-state index in [9.17, 15) is 0 Å². The summed E-state index contributed by atoms with van der Waals surface area (Å²) in [6, 6.07) is 5.51. The number of benzene rings is 1. The van der Waals surface area contributed by atoms with Gasteiger partial charge in [0.2, 0.25) is 0 Å². The normalized spacial score (nSPS) is 19.0. The summed E-state index contributed by atoms with van der Waals surface area (Å²) in [5.41, 5.74) is 15.3. The standard InChI is InChI=1S/C18H23N5O2/c1-18(2)15-12(10-25-18)17(23-5-7-24-8-6-23)22-16(21-15)11-3-4-13(19)14(20)9-11/h3-4,9H,5-8,10,19-20H2,1-2H3. The van der Waals surface area contributed by atoms with Crippen molar-refractivity contribution in [3.8, 4) is 11.4 Å². The monoisotopic (exact) mass is 341 g/mol. The highest BCUT2D eigenvalue weighted by Crippen LogP contribution is 2.40. The van der Waals surface area contributed by atoms with Crippen LogP contribution < -0.4 is 16.4 Å². The molecule has 0 spiro atoms. The summed E-state index contributed by atoms with van der Waals surface area (Å²) in [4.78, 5) is 11.9. The first kappa shape index (κ1) is 16.1. The van der Waals surface area contributed by atoms with Gasteiger partial charge < -0.3 is 25.8 Å². The molecule has 0 atom stereocenters. The maximum Gasteiger partial charge on any atom is 0.161 e. The van der Waals surface area contributed by atoms with Gasteiger partial charge in [-0.2, -0.15) is 0 Å². The van der Waals surface area contributed by atoms with Crippen molar-refractivity contribution < 1.29 is 9.47 Å². The van der Waals surface area contributed by atoms with Crippen LogP contribution in [0.15, 0.2) is 18.2 Å². The van der Waals surface area contributed by atoms with E-state index in [1.807, 2.05) is 26.0 Å². The molecule has 2 aliphatic rings. The van der Waals surface area contributed by atoms with Gasteiger partial charge in [-0.15, -0.1) is 0 Å². The molecule has 0 radical (unpaired) electrons. The van der Waals surface area contributed by atoms with Gasteiger partial charge in [-0.1, -0.05) is 0 Å². The third kappa shape index (κ3) is 2.79. The molecule has 2 aromatic rings. The molecule has 4 N–H and O–H groups in total. The molecule has 2 aliphatic heterocycles. The van der Waals surface area contributed by atoms with Gasteiger partial charge in [-0.05, 0) is 32.0 Å². The second kappa shape index (κ2) is 5.86. The van der Waals surface area contributed by atoms with Gasteiger partial charge in [0.05, 0.1) is 36.9 Å². The largest absolute Gasteiger partial charge is 0.397 e. The molecule has 0 aliphatic carbocycles. The lowest BCUT2D eigenvalue weighted by Gasteiger charge is -2.29. The van der Waals surface area contributed by atoms with Gasteiger partial charge in [0.1, 0.15) is 11.4 Å². The zero-order chi connectivity index (χ0) is 17.6. The van der Waals surface area contributed by atoms with Crippen LogP contribution >= 0.6 is 0 Å². The summed E-state index contributed by atoms with van der Waals surface area (Å²) in [5, 5.41) is 0. The third-order valence-corrected chi connectivity index (χ3v) is 4.79. The predicted molar refractivity (Wildman–Crippen MR) is 97.1 cm³/mol. The minimum Gasteiger partial charge on any atom is -0.397 e. The number of hydrogen-bond donors (Lipinski definition) is 2. The number of anilines is 3. The highest BCUT2D eigenvalue weighted by atomic mass is 16.5. The number of ether oxygens (including phenoxy) is 2. The van der Waals surface area contributed by atoms with E-state index in [-0.39, 0.29) is 0 Å². The van der Waals surface area contributed by atoms with E-state index >= 15 is 0 Å². The summed E-state index contributed by atoms with van der Waals surface area (Å²) in [6.07, 6.45) is 0. The van der Waals surface area contributed by atoms with Crippen molar-refractivity contribution in [2.24, 2.45) is 0 Å². The summed E-state index contributed by atoms with van der Waals surface area (Å²) in [5.74, 6) is 1.58. The Morgan fingerprint density at radius 1 is 1.08 bits per heavy atom. The number of aromatic nitrogens is 2. The number of nitrogens with zero attached hydrogens (tertiary/aromatic N) is 3. The maximum atomic E-state index is 5.97. The summed E-state index contributed by atoms with van der Waals surface area (Å²) < 4.78 is 11.4. The quantitative estimate of drug-likeness (QED) is 0.805. The molecule has 0 bridgehead atoms. The number of nitrogens with two attached hydrogens (primary N) is 2. The van der Waals surface area contributed by atoms with E-state index in [1.165, 1.54) is 0 Å². The zero-order valence-corrected chi connectivity index (χ0v) is 14.6. The van der Waals surface area contributed by atoms with Gasteiger partial charge in [-0.25, -0.2) is 9.97 Å². The predicted octanol–water partition coefficient (Wildman–Crippen LogP) is 1.91. The van der Waals surface area contributed by atoms with Crippen LogP contribution in [0.3, 0.4) is 0 Å². The third-order valence-electron chi connectivity index (χ3n) is 4.79. The van der Waals surface area contributed by atoms with E-state index in [0.29, 0.717) is 37.0 Å². The molecule has 0 saturated carbocycles. The minimum absolute atomic E-state index is 0.437. The smallest absolute Gasteiger partial charge is 0.161 e. The molecule has 1 fully saturated rings. The number of fused-ring (bicyclic) bond motifs is 1. The number of nitrogen functional groups attached to an aromatic ring is 2. The van der Waals surface area contributed by atoms with Crippen molar-refractivity contribution in [1.82, 2.24) is 9.97 Å². The Kier molecular flexibility index (Phi) is 3.77. The molecule has 7 nitrogen and oxygen atoms in total. The lowest BCUT2D eigenvalue weighted by Crippen LogP contribution is -2.37. The van der Waals surface area contributed by atoms with Crippen molar-refractivity contribution in [1.29, 1.82) is 0 Å². The summed E-state index contributed by atoms with van der Waals surface area (Å²) >= 11 is 0. The molecule has 4 rings (SSSR count). The van der Waals surface area contributed by atoms with Crippen LogP contribution in [0.25, 0.3) is 11.4 Å². The fraction of sp³-hybridized carbons (Fsp3) is 0.444. The lowest BCUT2D eigenvalue weighted by atomic mass is 10.0. The van der Waals surface area contributed by atoms with Crippen molar-refractivity contribution in [3.05, 3.63) is 29.5 Å². The molecule has 132 valence electrons. The molecule has 1 saturated heterocycles. The van der Waals surface area contributed by atoms with E-state index in [1.54, 1.807) is 6.07 Å². The molecule has 0 unspecified atom stereocenters. The van der Waals surface area contributed by atoms with Gasteiger partial charge in [0.25, 0.3) is 0 Å². The average molecular weight is 341 g/mol. The highest BCUT2D eigenvalue weighted by Gasteiger charge is 2.37. The molecule has 3 heterocycles. The van der Waals surface area contributed by atoms with Crippen LogP contribution in [-0.2, 0) is 21.7 Å². The number of rotatable bonds is 2. The van der Waals surface area contributed by atoms with Gasteiger partial charge in [-0.3, -0.25) is 0 Å². The Hall–Kier alpha value is -2.38. The van der Waals surface area contributed by atoms with E-state index in [0.717, 1.165) is 35.7 Å². The zero-order valence-electron chi connectivity index (χ0n) is 14.6. The van der Waals surface area contributed by atoms with Gasteiger partial charge in [0.15, 0.2) is 5.82 Å². The van der Waals surface area contributed by atoms with Crippen LogP contribution in [0.5, 0.6) is 0 Å². The molecule has 25 heavy (non-hydrogen) atoms. The van der Waals surface area contributed by atoms with Gasteiger partial charge in [0, 0.05) is 24.2 Å². The van der Waals surface area contributed by atoms with Crippen LogP contribution in [0, 0.1) is 0 Å². The Morgan fingerprint density at radius 3 is 2.56 bits per heavy atom. The second-order valence-corrected chi connectivity index (χ2v) is 6.94. The Labute approximate surface area is 147 Å². The Bertz CT molecular complexity index is 815. The minimum atomic E-state index is -0.437. The van der Waals surface area contributed by atoms with Crippen LogP contribution in [0.4, 0.5) is 17.2 Å². The second-order valence-electron chi connectivity index (χ2n) is 6.94. The average Bonchev–Trinajstić information content (AvgIpc) is 2.92. The summed E-state index contributed by atoms with van der Waals surface area (Å²) in [7, 11) is 0. The lowest BCUT2D eigenvalue weighted by molar-refractivity contribution is -0.0100.